The van der Waals surface area contributed by atoms with Crippen molar-refractivity contribution in [3.8, 4) is 0 Å². The number of aromatic nitrogens is 1. The van der Waals surface area contributed by atoms with E-state index in [4.69, 9.17) is 4.42 Å². The third-order valence-electron chi connectivity index (χ3n) is 2.84. The van der Waals surface area contributed by atoms with E-state index in [-0.39, 0.29) is 17.7 Å². The number of para-hydroxylation sites is 2. The number of carbonyl (C=O) groups is 2. The van der Waals surface area contributed by atoms with Gasteiger partial charge in [0.05, 0.1) is 5.75 Å². The molecule has 0 saturated carbocycles. The van der Waals surface area contributed by atoms with E-state index in [2.05, 4.69) is 15.6 Å². The van der Waals surface area contributed by atoms with Gasteiger partial charge in [-0.2, -0.15) is 0 Å². The van der Waals surface area contributed by atoms with Crippen molar-refractivity contribution in [3.05, 3.63) is 24.3 Å². The van der Waals surface area contributed by atoms with Crippen LogP contribution in [0.2, 0.25) is 0 Å². The molecule has 6 nitrogen and oxygen atoms in total. The SMILES string of the molecule is CC[C@H](C)NC(=O)NC(=O)CSc1nc2ccccc2o1. The van der Waals surface area contributed by atoms with E-state index in [9.17, 15) is 9.59 Å². The van der Waals surface area contributed by atoms with Gasteiger partial charge < -0.3 is 9.73 Å². The molecule has 0 unspecified atom stereocenters. The number of fused-ring (bicyclic) bond motifs is 1. The summed E-state index contributed by atoms with van der Waals surface area (Å²) >= 11 is 1.15. The van der Waals surface area contributed by atoms with E-state index < -0.39 is 6.03 Å². The number of amides is 3. The number of hydrogen-bond acceptors (Lipinski definition) is 5. The highest BCUT2D eigenvalue weighted by Gasteiger charge is 2.12. The fourth-order valence-electron chi connectivity index (χ4n) is 1.56. The van der Waals surface area contributed by atoms with Crippen LogP contribution >= 0.6 is 11.8 Å². The molecule has 112 valence electrons. The first kappa shape index (κ1) is 15.4. The summed E-state index contributed by atoms with van der Waals surface area (Å²) in [5.74, 6) is -0.316. The lowest BCUT2D eigenvalue weighted by molar-refractivity contribution is -0.117. The third kappa shape index (κ3) is 4.49. The molecular weight excluding hydrogens is 290 g/mol. The van der Waals surface area contributed by atoms with Crippen LogP contribution in [0.1, 0.15) is 20.3 Å². The summed E-state index contributed by atoms with van der Waals surface area (Å²) in [6.45, 7) is 3.83. The molecule has 7 heteroatoms. The Kier molecular flexibility index (Phi) is 5.21. The fourth-order valence-corrected chi connectivity index (χ4v) is 2.20. The maximum Gasteiger partial charge on any atom is 0.321 e. The average Bonchev–Trinajstić information content (AvgIpc) is 2.87. The predicted octanol–water partition coefficient (Wildman–Crippen LogP) is 2.54. The molecule has 21 heavy (non-hydrogen) atoms. The molecule has 1 aromatic heterocycles. The van der Waals surface area contributed by atoms with Crippen molar-refractivity contribution in [1.82, 2.24) is 15.6 Å². The van der Waals surface area contributed by atoms with E-state index in [1.165, 1.54) is 0 Å². The van der Waals surface area contributed by atoms with Crippen LogP contribution in [0.5, 0.6) is 0 Å². The van der Waals surface area contributed by atoms with Gasteiger partial charge in [0.15, 0.2) is 5.58 Å². The highest BCUT2D eigenvalue weighted by molar-refractivity contribution is 7.99. The Hall–Kier alpha value is -2.02. The molecule has 0 radical (unpaired) electrons. The van der Waals surface area contributed by atoms with Crippen molar-refractivity contribution in [2.75, 3.05) is 5.75 Å². The largest absolute Gasteiger partial charge is 0.431 e. The molecule has 2 rings (SSSR count). The number of rotatable bonds is 5. The van der Waals surface area contributed by atoms with Gasteiger partial charge in [-0.1, -0.05) is 30.8 Å². The van der Waals surface area contributed by atoms with Gasteiger partial charge in [0.2, 0.25) is 5.91 Å². The Morgan fingerprint density at radius 2 is 2.14 bits per heavy atom. The number of urea groups is 1. The molecular formula is C14H17N3O3S. The van der Waals surface area contributed by atoms with E-state index in [1.807, 2.05) is 38.1 Å². The van der Waals surface area contributed by atoms with Gasteiger partial charge in [0.1, 0.15) is 5.52 Å². The summed E-state index contributed by atoms with van der Waals surface area (Å²) in [6.07, 6.45) is 0.805. The smallest absolute Gasteiger partial charge is 0.321 e. The monoisotopic (exact) mass is 307 g/mol. The van der Waals surface area contributed by atoms with Crippen molar-refractivity contribution in [3.63, 3.8) is 0 Å². The topological polar surface area (TPSA) is 84.2 Å². The molecule has 2 aromatic rings. The number of imide groups is 1. The van der Waals surface area contributed by atoms with Crippen LogP contribution in [-0.2, 0) is 4.79 Å². The maximum atomic E-state index is 11.6. The zero-order valence-corrected chi connectivity index (χ0v) is 12.7. The van der Waals surface area contributed by atoms with Crippen LogP contribution in [0, 0.1) is 0 Å². The van der Waals surface area contributed by atoms with E-state index in [0.717, 1.165) is 23.7 Å². The first-order valence-electron chi connectivity index (χ1n) is 6.67. The van der Waals surface area contributed by atoms with Gasteiger partial charge in [-0.15, -0.1) is 0 Å². The number of carbonyl (C=O) groups excluding carboxylic acids is 2. The molecule has 0 aliphatic heterocycles. The molecule has 0 spiro atoms. The Bertz CT molecular complexity index is 608. The predicted molar refractivity (Wildman–Crippen MR) is 81.2 cm³/mol. The van der Waals surface area contributed by atoms with Crippen molar-refractivity contribution in [2.24, 2.45) is 0 Å². The van der Waals surface area contributed by atoms with Gasteiger partial charge in [-0.25, -0.2) is 9.78 Å². The molecule has 1 atom stereocenters. The lowest BCUT2D eigenvalue weighted by atomic mass is 10.3. The van der Waals surface area contributed by atoms with E-state index >= 15 is 0 Å². The van der Waals surface area contributed by atoms with Gasteiger partial charge in [0, 0.05) is 6.04 Å². The molecule has 2 N–H and O–H groups in total. The first-order valence-corrected chi connectivity index (χ1v) is 7.65. The van der Waals surface area contributed by atoms with Crippen LogP contribution in [0.15, 0.2) is 33.9 Å². The molecule has 0 fully saturated rings. The summed E-state index contributed by atoms with van der Waals surface area (Å²) in [5, 5.41) is 5.34. The van der Waals surface area contributed by atoms with Crippen LogP contribution in [0.25, 0.3) is 11.1 Å². The lowest BCUT2D eigenvalue weighted by Gasteiger charge is -2.11. The minimum Gasteiger partial charge on any atom is -0.431 e. The molecule has 0 aliphatic carbocycles. The first-order chi connectivity index (χ1) is 10.1. The molecule has 1 aromatic carbocycles. The Labute approximate surface area is 126 Å². The summed E-state index contributed by atoms with van der Waals surface area (Å²) in [6, 6.07) is 6.92. The molecule has 1 heterocycles. The van der Waals surface area contributed by atoms with Gasteiger partial charge >= 0.3 is 6.03 Å². The average molecular weight is 307 g/mol. The summed E-state index contributed by atoms with van der Waals surface area (Å²) < 4.78 is 5.48. The highest BCUT2D eigenvalue weighted by atomic mass is 32.2. The quantitative estimate of drug-likeness (QED) is 0.829. The van der Waals surface area contributed by atoms with Gasteiger partial charge in [-0.05, 0) is 25.5 Å². The zero-order valence-electron chi connectivity index (χ0n) is 11.9. The molecule has 0 saturated heterocycles. The van der Waals surface area contributed by atoms with Crippen molar-refractivity contribution < 1.29 is 14.0 Å². The number of hydrogen-bond donors (Lipinski definition) is 2. The van der Waals surface area contributed by atoms with Crippen molar-refractivity contribution >= 4 is 34.8 Å². The van der Waals surface area contributed by atoms with Crippen LogP contribution in [0.4, 0.5) is 4.79 Å². The highest BCUT2D eigenvalue weighted by Crippen LogP contribution is 2.22. The second-order valence-electron chi connectivity index (χ2n) is 4.57. The van der Waals surface area contributed by atoms with Crippen LogP contribution in [-0.4, -0.2) is 28.7 Å². The second-order valence-corrected chi connectivity index (χ2v) is 5.49. The molecule has 0 aliphatic rings. The minimum absolute atomic E-state index is 0.0301. The Balaban J connectivity index is 1.82. The number of benzene rings is 1. The number of thioether (sulfide) groups is 1. The van der Waals surface area contributed by atoms with Crippen LogP contribution < -0.4 is 10.6 Å². The van der Waals surface area contributed by atoms with Crippen molar-refractivity contribution in [1.29, 1.82) is 0 Å². The number of oxazole rings is 1. The van der Waals surface area contributed by atoms with E-state index in [1.54, 1.807) is 0 Å². The maximum absolute atomic E-state index is 11.6. The number of nitrogens with one attached hydrogen (secondary N) is 2. The lowest BCUT2D eigenvalue weighted by Crippen LogP contribution is -2.43. The summed E-state index contributed by atoms with van der Waals surface area (Å²) in [4.78, 5) is 27.4. The number of nitrogens with zero attached hydrogens (tertiary/aromatic N) is 1. The normalized spacial score (nSPS) is 12.1. The Morgan fingerprint density at radius 3 is 2.86 bits per heavy atom. The second kappa shape index (κ2) is 7.12. The Morgan fingerprint density at radius 1 is 1.38 bits per heavy atom. The molecule has 0 bridgehead atoms. The minimum atomic E-state index is -0.479. The van der Waals surface area contributed by atoms with E-state index in [0.29, 0.717) is 10.8 Å². The summed E-state index contributed by atoms with van der Waals surface area (Å²) in [7, 11) is 0. The van der Waals surface area contributed by atoms with Gasteiger partial charge in [0.25, 0.3) is 5.22 Å². The van der Waals surface area contributed by atoms with Crippen molar-refractivity contribution in [2.45, 2.75) is 31.5 Å². The fraction of sp³-hybridized carbons (Fsp3) is 0.357. The standard InChI is InChI=1S/C14H17N3O3S/c1-3-9(2)15-13(19)17-12(18)8-21-14-16-10-6-4-5-7-11(10)20-14/h4-7,9H,3,8H2,1-2H3,(H2,15,17,18,19)/t9-/m0/s1. The molecule has 3 amide bonds. The summed E-state index contributed by atoms with van der Waals surface area (Å²) in [5.41, 5.74) is 1.42. The zero-order chi connectivity index (χ0) is 15.2. The van der Waals surface area contributed by atoms with Crippen LogP contribution in [0.3, 0.4) is 0 Å². The third-order valence-corrected chi connectivity index (χ3v) is 3.67. The van der Waals surface area contributed by atoms with Gasteiger partial charge in [-0.3, -0.25) is 10.1 Å².